The third-order valence-electron chi connectivity index (χ3n) is 3.24. The van der Waals surface area contributed by atoms with Gasteiger partial charge in [0.1, 0.15) is 5.60 Å². The molecule has 0 radical (unpaired) electrons. The molecule has 0 saturated carbocycles. The van der Waals surface area contributed by atoms with Crippen molar-refractivity contribution in [2.45, 2.75) is 38.4 Å². The molecule has 2 rings (SSSR count). The van der Waals surface area contributed by atoms with Crippen LogP contribution in [0.5, 0.6) is 0 Å². The number of amides is 1. The molecule has 1 N–H and O–H groups in total. The molecule has 1 heterocycles. The van der Waals surface area contributed by atoms with Crippen LogP contribution in [0.25, 0.3) is 0 Å². The zero-order valence-corrected chi connectivity index (χ0v) is 13.6. The van der Waals surface area contributed by atoms with E-state index in [1.54, 1.807) is 4.90 Å². The number of rotatable bonds is 1. The summed E-state index contributed by atoms with van der Waals surface area (Å²) >= 11 is 3.39. The maximum Gasteiger partial charge on any atom is 0.410 e. The summed E-state index contributed by atoms with van der Waals surface area (Å²) in [6, 6.07) is 7.82. The van der Waals surface area contributed by atoms with E-state index >= 15 is 0 Å². The van der Waals surface area contributed by atoms with Gasteiger partial charge in [-0.2, -0.15) is 0 Å². The first-order valence-corrected chi connectivity index (χ1v) is 7.47. The number of aliphatic hydroxyl groups excluding tert-OH is 1. The van der Waals surface area contributed by atoms with Gasteiger partial charge in [0.2, 0.25) is 0 Å². The van der Waals surface area contributed by atoms with Gasteiger partial charge in [-0.25, -0.2) is 4.79 Å². The van der Waals surface area contributed by atoms with E-state index in [1.165, 1.54) is 0 Å². The summed E-state index contributed by atoms with van der Waals surface area (Å²) in [6.45, 7) is 6.31. The lowest BCUT2D eigenvalue weighted by Crippen LogP contribution is -2.35. The Morgan fingerprint density at radius 1 is 1.30 bits per heavy atom. The number of carbonyl (C=O) groups is 1. The van der Waals surface area contributed by atoms with E-state index in [0.717, 1.165) is 10.0 Å². The summed E-state index contributed by atoms with van der Waals surface area (Å²) in [4.78, 5) is 13.6. The van der Waals surface area contributed by atoms with Gasteiger partial charge in [0.05, 0.1) is 12.6 Å². The van der Waals surface area contributed by atoms with Crippen LogP contribution in [0.1, 0.15) is 32.3 Å². The number of halogens is 1. The summed E-state index contributed by atoms with van der Waals surface area (Å²) in [5.41, 5.74) is 0.518. The Hall–Kier alpha value is -1.07. The summed E-state index contributed by atoms with van der Waals surface area (Å²) in [6.07, 6.45) is -0.917. The first-order chi connectivity index (χ1) is 9.26. The number of hydrogen-bond donors (Lipinski definition) is 1. The number of β-amino-alcohol motifs (C(OH)–C–C–N with tert-alkyl or cyclic N) is 1. The Kier molecular flexibility index (Phi) is 4.39. The van der Waals surface area contributed by atoms with Gasteiger partial charge in [0, 0.05) is 16.9 Å². The van der Waals surface area contributed by atoms with Crippen LogP contribution < -0.4 is 0 Å². The summed E-state index contributed by atoms with van der Waals surface area (Å²) in [7, 11) is 0. The zero-order chi connectivity index (χ0) is 14.9. The molecule has 1 saturated heterocycles. The monoisotopic (exact) mass is 341 g/mol. The van der Waals surface area contributed by atoms with Crippen molar-refractivity contribution >= 4 is 22.0 Å². The highest BCUT2D eigenvalue weighted by Gasteiger charge is 2.36. The second-order valence-electron chi connectivity index (χ2n) is 6.11. The van der Waals surface area contributed by atoms with E-state index in [0.29, 0.717) is 13.1 Å². The van der Waals surface area contributed by atoms with E-state index in [4.69, 9.17) is 4.74 Å². The molecule has 1 fully saturated rings. The average molecular weight is 342 g/mol. The van der Waals surface area contributed by atoms with Crippen molar-refractivity contribution in [1.82, 2.24) is 4.90 Å². The van der Waals surface area contributed by atoms with Crippen molar-refractivity contribution < 1.29 is 14.6 Å². The molecule has 0 aromatic heterocycles. The summed E-state index contributed by atoms with van der Waals surface area (Å²) in [5, 5.41) is 10.2. The van der Waals surface area contributed by atoms with Crippen molar-refractivity contribution in [3.8, 4) is 0 Å². The molecule has 110 valence electrons. The minimum Gasteiger partial charge on any atom is -0.444 e. The Bertz CT molecular complexity index is 481. The van der Waals surface area contributed by atoms with Gasteiger partial charge in [-0.1, -0.05) is 28.1 Å². The molecule has 1 aliphatic heterocycles. The molecule has 0 unspecified atom stereocenters. The van der Waals surface area contributed by atoms with Crippen LogP contribution in [0.4, 0.5) is 4.79 Å². The highest BCUT2D eigenvalue weighted by molar-refractivity contribution is 9.10. The van der Waals surface area contributed by atoms with Crippen LogP contribution in [-0.4, -0.2) is 40.9 Å². The van der Waals surface area contributed by atoms with Gasteiger partial charge in [0.25, 0.3) is 0 Å². The molecular weight excluding hydrogens is 322 g/mol. The maximum absolute atomic E-state index is 12.0. The average Bonchev–Trinajstić information content (AvgIpc) is 2.70. The molecular formula is C15H20BrNO3. The minimum absolute atomic E-state index is 0.0596. The van der Waals surface area contributed by atoms with Crippen LogP contribution in [0.15, 0.2) is 28.7 Å². The van der Waals surface area contributed by atoms with Crippen molar-refractivity contribution in [3.63, 3.8) is 0 Å². The molecule has 20 heavy (non-hydrogen) atoms. The molecule has 2 atom stereocenters. The smallest absolute Gasteiger partial charge is 0.410 e. The number of ether oxygens (including phenoxy) is 1. The second kappa shape index (κ2) is 5.74. The van der Waals surface area contributed by atoms with Gasteiger partial charge in [-0.15, -0.1) is 0 Å². The number of hydrogen-bond acceptors (Lipinski definition) is 3. The fourth-order valence-electron chi connectivity index (χ4n) is 2.30. The van der Waals surface area contributed by atoms with Gasteiger partial charge in [-0.05, 0) is 38.5 Å². The highest BCUT2D eigenvalue weighted by atomic mass is 79.9. The first kappa shape index (κ1) is 15.3. The van der Waals surface area contributed by atoms with Crippen LogP contribution in [0, 0.1) is 0 Å². The van der Waals surface area contributed by atoms with Crippen LogP contribution in [0.2, 0.25) is 0 Å². The van der Waals surface area contributed by atoms with Crippen molar-refractivity contribution in [1.29, 1.82) is 0 Å². The van der Waals surface area contributed by atoms with Crippen LogP contribution in [0.3, 0.4) is 0 Å². The molecule has 1 aromatic rings. The quantitative estimate of drug-likeness (QED) is 0.853. The molecule has 5 heteroatoms. The van der Waals surface area contributed by atoms with Crippen molar-refractivity contribution in [2.24, 2.45) is 0 Å². The molecule has 4 nitrogen and oxygen atoms in total. The zero-order valence-electron chi connectivity index (χ0n) is 12.0. The van der Waals surface area contributed by atoms with Gasteiger partial charge in [-0.3, -0.25) is 0 Å². The Morgan fingerprint density at radius 2 is 1.90 bits per heavy atom. The molecule has 0 bridgehead atoms. The lowest BCUT2D eigenvalue weighted by atomic mass is 9.96. The number of aliphatic hydroxyl groups is 1. The number of carbonyl (C=O) groups excluding carboxylic acids is 1. The topological polar surface area (TPSA) is 49.8 Å². The third kappa shape index (κ3) is 3.73. The molecule has 0 aliphatic carbocycles. The summed E-state index contributed by atoms with van der Waals surface area (Å²) < 4.78 is 6.34. The van der Waals surface area contributed by atoms with Gasteiger partial charge < -0.3 is 14.7 Å². The largest absolute Gasteiger partial charge is 0.444 e. The lowest BCUT2D eigenvalue weighted by molar-refractivity contribution is 0.0270. The van der Waals surface area contributed by atoms with Crippen LogP contribution >= 0.6 is 15.9 Å². The van der Waals surface area contributed by atoms with Gasteiger partial charge in [0.15, 0.2) is 0 Å². The molecule has 0 spiro atoms. The fraction of sp³-hybridized carbons (Fsp3) is 0.533. The third-order valence-corrected chi connectivity index (χ3v) is 3.77. The first-order valence-electron chi connectivity index (χ1n) is 6.68. The Labute approximate surface area is 127 Å². The second-order valence-corrected chi connectivity index (χ2v) is 7.03. The minimum atomic E-state index is -0.552. The molecule has 1 aliphatic rings. The van der Waals surface area contributed by atoms with Crippen molar-refractivity contribution in [3.05, 3.63) is 34.3 Å². The Balaban J connectivity index is 2.05. The van der Waals surface area contributed by atoms with E-state index < -0.39 is 11.7 Å². The van der Waals surface area contributed by atoms with E-state index in [-0.39, 0.29) is 12.0 Å². The van der Waals surface area contributed by atoms with E-state index in [1.807, 2.05) is 45.0 Å². The van der Waals surface area contributed by atoms with E-state index in [9.17, 15) is 9.90 Å². The van der Waals surface area contributed by atoms with Crippen LogP contribution in [-0.2, 0) is 4.74 Å². The summed E-state index contributed by atoms with van der Waals surface area (Å²) in [5.74, 6) is -0.0596. The highest BCUT2D eigenvalue weighted by Crippen LogP contribution is 2.29. The predicted molar refractivity (Wildman–Crippen MR) is 80.7 cm³/mol. The Morgan fingerprint density at radius 3 is 2.45 bits per heavy atom. The SMILES string of the molecule is CC(C)(C)OC(=O)N1C[C@H](c2ccc(Br)cc2)[C@@H](O)C1. The normalized spacial score (nSPS) is 22.9. The van der Waals surface area contributed by atoms with Gasteiger partial charge >= 0.3 is 6.09 Å². The lowest BCUT2D eigenvalue weighted by Gasteiger charge is -2.24. The van der Waals surface area contributed by atoms with E-state index in [2.05, 4.69) is 15.9 Å². The standard InChI is InChI=1S/C15H20BrNO3/c1-15(2,3)20-14(19)17-8-12(13(18)9-17)10-4-6-11(16)7-5-10/h4-7,12-13,18H,8-9H2,1-3H3/t12-,13+/m1/s1. The predicted octanol–water partition coefficient (Wildman–Crippen LogP) is 3.14. The number of likely N-dealkylation sites (tertiary alicyclic amines) is 1. The number of benzene rings is 1. The fourth-order valence-corrected chi connectivity index (χ4v) is 2.56. The number of nitrogens with zero attached hydrogens (tertiary/aromatic N) is 1. The molecule has 1 amide bonds. The van der Waals surface area contributed by atoms with Crippen molar-refractivity contribution in [2.75, 3.05) is 13.1 Å². The maximum atomic E-state index is 12.0. The molecule has 1 aromatic carbocycles.